The second-order valence-corrected chi connectivity index (χ2v) is 16.2. The highest BCUT2D eigenvalue weighted by atomic mass is 16.5. The quantitative estimate of drug-likeness (QED) is 0.0818. The Balaban J connectivity index is 0.00000103. The van der Waals surface area contributed by atoms with Crippen LogP contribution in [-0.4, -0.2) is 67.4 Å². The number of nitrogens with two attached hydrogens (primary N) is 3. The Kier molecular flexibility index (Phi) is 17.0. The summed E-state index contributed by atoms with van der Waals surface area (Å²) in [6, 6.07) is 0. The molecule has 0 aromatic rings. The van der Waals surface area contributed by atoms with Crippen LogP contribution in [0.25, 0.3) is 0 Å². The Bertz CT molecular complexity index is 1110. The molecule has 4 aliphatic rings. The largest absolute Gasteiger partial charge is 0.481 e. The summed E-state index contributed by atoms with van der Waals surface area (Å²) in [5.41, 5.74) is 16.5. The molecule has 7 N–H and O–H groups in total. The maximum atomic E-state index is 12.9. The van der Waals surface area contributed by atoms with Gasteiger partial charge in [0.25, 0.3) is 0 Å². The van der Waals surface area contributed by atoms with Crippen molar-refractivity contribution in [2.75, 3.05) is 26.2 Å². The van der Waals surface area contributed by atoms with E-state index in [1.807, 2.05) is 0 Å². The standard InChI is InChI=1S/C36H62N2O6.C3H7NO2/c1-5-6-7-8-21-42-31(39)12-9-24(2)27-10-11-28-34-29(14-18-36(27,28)4)35(3)17-13-26(43-32(40)15-19-37)22-25(35)23-30(34)44-33(41)16-20-38;4-2-1-3(5)6/h24-30,34H,5-23,37-38H2,1-4H3;1-2,4H2,(H,5,6)/t24-,25?,26-,27?,28?,29?,30-,34?,35?,36?;/m1./s1. The van der Waals surface area contributed by atoms with Crippen LogP contribution in [0.4, 0.5) is 0 Å². The Hall–Kier alpha value is -2.24. The molecule has 50 heavy (non-hydrogen) atoms. The van der Waals surface area contributed by atoms with Gasteiger partial charge in [-0.15, -0.1) is 0 Å². The topological polar surface area (TPSA) is 194 Å². The first-order valence-electron chi connectivity index (χ1n) is 19.7. The Morgan fingerprint density at radius 2 is 1.40 bits per heavy atom. The van der Waals surface area contributed by atoms with Gasteiger partial charge in [-0.3, -0.25) is 19.2 Å². The molecule has 11 nitrogen and oxygen atoms in total. The summed E-state index contributed by atoms with van der Waals surface area (Å²) in [6.45, 7) is 10.9. The highest BCUT2D eigenvalue weighted by Crippen LogP contribution is 2.69. The van der Waals surface area contributed by atoms with E-state index in [2.05, 4.69) is 27.7 Å². The second kappa shape index (κ2) is 20.1. The average molecular weight is 708 g/mol. The van der Waals surface area contributed by atoms with E-state index in [-0.39, 0.29) is 66.8 Å². The van der Waals surface area contributed by atoms with Crippen molar-refractivity contribution in [3.63, 3.8) is 0 Å². The van der Waals surface area contributed by atoms with Gasteiger partial charge < -0.3 is 36.5 Å². The lowest BCUT2D eigenvalue weighted by molar-refractivity contribution is -0.198. The predicted octanol–water partition coefficient (Wildman–Crippen LogP) is 5.74. The van der Waals surface area contributed by atoms with Crippen LogP contribution in [0.2, 0.25) is 0 Å². The smallest absolute Gasteiger partial charge is 0.307 e. The average Bonchev–Trinajstić information content (AvgIpc) is 3.41. The number of rotatable bonds is 17. The summed E-state index contributed by atoms with van der Waals surface area (Å²) in [7, 11) is 0. The number of aliphatic carboxylic acids is 1. The van der Waals surface area contributed by atoms with Crippen molar-refractivity contribution in [2.24, 2.45) is 63.5 Å². The molecule has 0 aromatic carbocycles. The SMILES string of the molecule is CCCCCCOC(=O)CC[C@@H](C)C1CCC2C3C(CCC21C)C1(C)CC[C@@H](OC(=O)CCN)CC1C[C@H]3OC(=O)CCN.NCCC(=O)O. The predicted molar refractivity (Wildman–Crippen MR) is 193 cm³/mol. The first-order chi connectivity index (χ1) is 23.8. The third kappa shape index (κ3) is 10.9. The molecule has 0 aromatic heterocycles. The summed E-state index contributed by atoms with van der Waals surface area (Å²) in [5, 5.41) is 7.83. The van der Waals surface area contributed by atoms with E-state index in [0.717, 1.165) is 57.8 Å². The van der Waals surface area contributed by atoms with E-state index >= 15 is 0 Å². The minimum atomic E-state index is -0.836. The first kappa shape index (κ1) is 42.2. The van der Waals surface area contributed by atoms with Crippen LogP contribution < -0.4 is 17.2 Å². The van der Waals surface area contributed by atoms with Crippen LogP contribution in [0.1, 0.15) is 137 Å². The normalized spacial score (nSPS) is 33.4. The highest BCUT2D eigenvalue weighted by molar-refractivity contribution is 5.70. The second-order valence-electron chi connectivity index (χ2n) is 16.2. The van der Waals surface area contributed by atoms with Crippen LogP contribution in [0.3, 0.4) is 0 Å². The molecule has 0 amide bonds. The molecule has 0 bridgehead atoms. The number of carbonyl (C=O) groups is 4. The number of hydrogen-bond donors (Lipinski definition) is 4. The fraction of sp³-hybridized carbons (Fsp3) is 0.897. The van der Waals surface area contributed by atoms with Gasteiger partial charge in [-0.25, -0.2) is 0 Å². The number of carboxylic acid groups (broad SMARTS) is 1. The van der Waals surface area contributed by atoms with Crippen LogP contribution >= 0.6 is 0 Å². The fourth-order valence-electron chi connectivity index (χ4n) is 10.5. The van der Waals surface area contributed by atoms with Gasteiger partial charge in [-0.1, -0.05) is 47.0 Å². The molecular formula is C39H69N3O8. The lowest BCUT2D eigenvalue weighted by Gasteiger charge is -2.62. The number of hydrogen-bond acceptors (Lipinski definition) is 10. The number of unbranched alkanes of at least 4 members (excludes halogenated alkanes) is 3. The molecule has 11 heteroatoms. The van der Waals surface area contributed by atoms with Gasteiger partial charge in [0.1, 0.15) is 12.2 Å². The maximum Gasteiger partial charge on any atom is 0.307 e. The summed E-state index contributed by atoms with van der Waals surface area (Å²) >= 11 is 0. The van der Waals surface area contributed by atoms with Crippen molar-refractivity contribution in [1.29, 1.82) is 0 Å². The van der Waals surface area contributed by atoms with Gasteiger partial charge in [-0.05, 0) is 105 Å². The summed E-state index contributed by atoms with van der Waals surface area (Å²) in [5.74, 6) is 1.35. The van der Waals surface area contributed by atoms with E-state index in [4.69, 9.17) is 36.5 Å². The Morgan fingerprint density at radius 1 is 0.760 bits per heavy atom. The van der Waals surface area contributed by atoms with Crippen LogP contribution in [0, 0.1) is 46.3 Å². The van der Waals surface area contributed by atoms with Crippen LogP contribution in [0.5, 0.6) is 0 Å². The molecule has 7 unspecified atom stereocenters. The molecule has 10 atom stereocenters. The maximum absolute atomic E-state index is 12.9. The van der Waals surface area contributed by atoms with Gasteiger partial charge in [-0.2, -0.15) is 0 Å². The van der Waals surface area contributed by atoms with Crippen molar-refractivity contribution < 1.29 is 38.5 Å². The zero-order valence-electron chi connectivity index (χ0n) is 31.5. The van der Waals surface area contributed by atoms with E-state index < -0.39 is 5.97 Å². The third-order valence-electron chi connectivity index (χ3n) is 13.1. The zero-order valence-corrected chi connectivity index (χ0v) is 31.5. The van der Waals surface area contributed by atoms with E-state index in [1.165, 1.54) is 25.7 Å². The molecule has 4 aliphatic carbocycles. The Morgan fingerprint density at radius 3 is 2.02 bits per heavy atom. The van der Waals surface area contributed by atoms with Crippen molar-refractivity contribution in [1.82, 2.24) is 0 Å². The van der Waals surface area contributed by atoms with E-state index in [1.54, 1.807) is 0 Å². The molecule has 0 radical (unpaired) electrons. The van der Waals surface area contributed by atoms with Crippen LogP contribution in [0.15, 0.2) is 0 Å². The van der Waals surface area contributed by atoms with Gasteiger partial charge in [0.2, 0.25) is 0 Å². The zero-order chi connectivity index (χ0) is 36.9. The summed E-state index contributed by atoms with van der Waals surface area (Å²) < 4.78 is 17.7. The number of carboxylic acids is 1. The lowest BCUT2D eigenvalue weighted by atomic mass is 9.43. The summed E-state index contributed by atoms with van der Waals surface area (Å²) in [4.78, 5) is 47.2. The molecular weight excluding hydrogens is 638 g/mol. The number of fused-ring (bicyclic) bond motifs is 5. The van der Waals surface area contributed by atoms with Crippen LogP contribution in [-0.2, 0) is 33.4 Å². The Labute approximate surface area is 300 Å². The molecule has 4 saturated carbocycles. The fourth-order valence-corrected chi connectivity index (χ4v) is 10.5. The number of carbonyl (C=O) groups excluding carboxylic acids is 3. The first-order valence-corrected chi connectivity index (χ1v) is 19.7. The minimum Gasteiger partial charge on any atom is -0.481 e. The molecule has 0 spiro atoms. The number of esters is 3. The molecule has 0 heterocycles. The molecule has 288 valence electrons. The monoisotopic (exact) mass is 708 g/mol. The minimum absolute atomic E-state index is 0.0563. The summed E-state index contributed by atoms with van der Waals surface area (Å²) in [6.07, 6.45) is 14.4. The van der Waals surface area contributed by atoms with Gasteiger partial charge in [0.15, 0.2) is 0 Å². The van der Waals surface area contributed by atoms with E-state index in [9.17, 15) is 19.2 Å². The van der Waals surface area contributed by atoms with Gasteiger partial charge in [0, 0.05) is 32.0 Å². The molecule has 4 rings (SSSR count). The lowest BCUT2D eigenvalue weighted by Crippen LogP contribution is -2.59. The number of ether oxygens (including phenoxy) is 3. The van der Waals surface area contributed by atoms with Gasteiger partial charge >= 0.3 is 23.9 Å². The van der Waals surface area contributed by atoms with Crippen molar-refractivity contribution >= 4 is 23.9 Å². The molecule has 0 aliphatic heterocycles. The molecule has 4 fully saturated rings. The highest BCUT2D eigenvalue weighted by Gasteiger charge is 2.64. The van der Waals surface area contributed by atoms with Crippen molar-refractivity contribution in [3.8, 4) is 0 Å². The van der Waals surface area contributed by atoms with E-state index in [0.29, 0.717) is 61.6 Å². The van der Waals surface area contributed by atoms with Crippen molar-refractivity contribution in [2.45, 2.75) is 149 Å². The van der Waals surface area contributed by atoms with Gasteiger partial charge in [0.05, 0.1) is 25.9 Å². The van der Waals surface area contributed by atoms with Crippen molar-refractivity contribution in [3.05, 3.63) is 0 Å². The third-order valence-corrected chi connectivity index (χ3v) is 13.1. The molecule has 0 saturated heterocycles.